The van der Waals surface area contributed by atoms with Crippen molar-refractivity contribution in [3.05, 3.63) is 123 Å². The second kappa shape index (κ2) is 13.0. The van der Waals surface area contributed by atoms with Crippen molar-refractivity contribution in [2.24, 2.45) is 0 Å². The number of furan rings is 1. The molecule has 320 valence electrons. The van der Waals surface area contributed by atoms with Crippen molar-refractivity contribution in [2.45, 2.75) is 169 Å². The lowest BCUT2D eigenvalue weighted by Gasteiger charge is -2.47. The number of hydrogen-bond donors (Lipinski definition) is 0. The Balaban J connectivity index is 1.34. The van der Waals surface area contributed by atoms with Gasteiger partial charge in [-0.25, -0.2) is 0 Å². The first kappa shape index (κ1) is 41.3. The van der Waals surface area contributed by atoms with Crippen LogP contribution in [-0.4, -0.2) is 6.71 Å². The molecule has 0 spiro atoms. The first-order valence-electron chi connectivity index (χ1n) is 23.6. The van der Waals surface area contributed by atoms with Gasteiger partial charge in [0, 0.05) is 33.8 Å². The minimum atomic E-state index is -0.0855. The second-order valence-electron chi connectivity index (χ2n) is 24.6. The summed E-state index contributed by atoms with van der Waals surface area (Å²) in [6, 6.07) is 31.7. The summed E-state index contributed by atoms with van der Waals surface area (Å²) < 4.78 is 7.58. The molecule has 0 unspecified atom stereocenters. The summed E-state index contributed by atoms with van der Waals surface area (Å²) in [6.07, 6.45) is 4.67. The summed E-state index contributed by atoms with van der Waals surface area (Å²) >= 11 is 0. The van der Waals surface area contributed by atoms with Crippen molar-refractivity contribution in [2.75, 3.05) is 9.80 Å². The standard InChI is InChI=1S/C58H69BN2O/c1-34-27-47-50-48(28-34)61(45-22-19-37(29-35(45)2)54(6,7)8)46-32-42-41(56(11,12)24-25-57(42,13)14)31-44(46)59(50)52-51(60(47)38-20-17-36(18-21-38)53(3,4)5)39-30-40-43(33-49(39)62-52)58(15,16)26-23-55(40,9)10/h17-22,27-33H,23-26H2,1-16H3. The first-order chi connectivity index (χ1) is 28.8. The zero-order valence-corrected chi connectivity index (χ0v) is 40.7. The number of rotatable bonds is 2. The monoisotopic (exact) mass is 821 g/mol. The molecule has 4 aliphatic rings. The molecule has 2 aliphatic heterocycles. The van der Waals surface area contributed by atoms with E-state index in [4.69, 9.17) is 4.42 Å². The van der Waals surface area contributed by atoms with Crippen molar-refractivity contribution in [1.29, 1.82) is 0 Å². The summed E-state index contributed by atoms with van der Waals surface area (Å²) in [7, 11) is 0. The van der Waals surface area contributed by atoms with Crippen LogP contribution < -0.4 is 26.4 Å². The lowest BCUT2D eigenvalue weighted by molar-refractivity contribution is 0.332. The molecule has 0 bridgehead atoms. The van der Waals surface area contributed by atoms with Crippen LogP contribution in [0.2, 0.25) is 0 Å². The zero-order chi connectivity index (χ0) is 44.4. The van der Waals surface area contributed by atoms with Gasteiger partial charge in [0.1, 0.15) is 5.58 Å². The van der Waals surface area contributed by atoms with Crippen LogP contribution in [0.4, 0.5) is 34.1 Å². The van der Waals surface area contributed by atoms with Crippen molar-refractivity contribution >= 4 is 68.4 Å². The Bertz CT molecular complexity index is 2850. The van der Waals surface area contributed by atoms with E-state index in [0.29, 0.717) is 0 Å². The quantitative estimate of drug-likeness (QED) is 0.162. The number of aryl methyl sites for hydroxylation is 2. The van der Waals surface area contributed by atoms with Crippen LogP contribution in [0.25, 0.3) is 11.0 Å². The summed E-state index contributed by atoms with van der Waals surface area (Å²) in [6.45, 7) is 38.0. The molecule has 4 heteroatoms. The SMILES string of the molecule is Cc1cc2c3c(c1)N(c1ccc(C(C)(C)C)cc1)c1c(oc4cc5c(cc14)C(C)(C)CCC5(C)C)B3c1cc3c(cc1N2c1ccc(C(C)(C)C)cc1C)C(C)(C)CCC3(C)C. The van der Waals surface area contributed by atoms with Crippen LogP contribution in [0.5, 0.6) is 0 Å². The number of nitrogens with zero attached hydrogens (tertiary/aromatic N) is 2. The highest BCUT2D eigenvalue weighted by atomic mass is 16.3. The van der Waals surface area contributed by atoms with Gasteiger partial charge >= 0.3 is 0 Å². The van der Waals surface area contributed by atoms with E-state index >= 15 is 0 Å². The van der Waals surface area contributed by atoms with Gasteiger partial charge in [-0.15, -0.1) is 0 Å². The lowest BCUT2D eigenvalue weighted by atomic mass is 9.35. The highest BCUT2D eigenvalue weighted by molar-refractivity contribution is 7.00. The Morgan fingerprint density at radius 2 is 1.02 bits per heavy atom. The lowest BCUT2D eigenvalue weighted by Crippen LogP contribution is -2.61. The van der Waals surface area contributed by atoms with Gasteiger partial charge in [0.05, 0.1) is 11.3 Å². The molecule has 0 amide bonds. The smallest absolute Gasteiger partial charge is 0.297 e. The van der Waals surface area contributed by atoms with E-state index < -0.39 is 0 Å². The Hall–Kier alpha value is -4.70. The van der Waals surface area contributed by atoms with Gasteiger partial charge in [-0.1, -0.05) is 127 Å². The third-order valence-electron chi connectivity index (χ3n) is 16.0. The molecule has 0 atom stereocenters. The molecule has 6 aromatic rings. The molecule has 1 aromatic heterocycles. The molecule has 0 radical (unpaired) electrons. The Morgan fingerprint density at radius 1 is 0.516 bits per heavy atom. The van der Waals surface area contributed by atoms with Gasteiger partial charge in [-0.2, -0.15) is 0 Å². The van der Waals surface area contributed by atoms with E-state index in [9.17, 15) is 0 Å². The second-order valence-corrected chi connectivity index (χ2v) is 24.6. The number of benzene rings is 5. The molecule has 5 aromatic carbocycles. The van der Waals surface area contributed by atoms with E-state index in [-0.39, 0.29) is 39.2 Å². The largest absolute Gasteiger partial charge is 0.468 e. The molecule has 0 fully saturated rings. The van der Waals surface area contributed by atoms with Crippen LogP contribution in [-0.2, 0) is 32.5 Å². The predicted molar refractivity (Wildman–Crippen MR) is 268 cm³/mol. The average Bonchev–Trinajstić information content (AvgIpc) is 3.55. The molecule has 0 N–H and O–H groups in total. The number of hydrogen-bond acceptors (Lipinski definition) is 3. The van der Waals surface area contributed by atoms with Gasteiger partial charge < -0.3 is 14.2 Å². The van der Waals surface area contributed by atoms with E-state index in [0.717, 1.165) is 11.2 Å². The molecule has 3 nitrogen and oxygen atoms in total. The Morgan fingerprint density at radius 3 is 1.56 bits per heavy atom. The normalized spacial score (nSPS) is 19.1. The van der Waals surface area contributed by atoms with Crippen LogP contribution in [0.3, 0.4) is 0 Å². The fourth-order valence-corrected chi connectivity index (χ4v) is 11.7. The summed E-state index contributed by atoms with van der Waals surface area (Å²) in [4.78, 5) is 5.21. The molecular weight excluding hydrogens is 751 g/mol. The van der Waals surface area contributed by atoms with Crippen molar-refractivity contribution in [3.63, 3.8) is 0 Å². The van der Waals surface area contributed by atoms with Gasteiger partial charge in [0.25, 0.3) is 6.71 Å². The molecule has 10 rings (SSSR count). The Labute approximate surface area is 373 Å². The highest BCUT2D eigenvalue weighted by Gasteiger charge is 2.50. The van der Waals surface area contributed by atoms with Crippen LogP contribution in [0, 0.1) is 13.8 Å². The van der Waals surface area contributed by atoms with Crippen LogP contribution in [0.1, 0.15) is 167 Å². The summed E-state index contributed by atoms with van der Waals surface area (Å²) in [5.41, 5.74) is 23.6. The molecule has 2 aliphatic carbocycles. The van der Waals surface area contributed by atoms with E-state index in [1.807, 2.05) is 0 Å². The molecular formula is C58H69BN2O. The van der Waals surface area contributed by atoms with Gasteiger partial charge in [0.15, 0.2) is 0 Å². The van der Waals surface area contributed by atoms with E-state index in [1.54, 1.807) is 0 Å². The van der Waals surface area contributed by atoms with Gasteiger partial charge in [0.2, 0.25) is 0 Å². The minimum Gasteiger partial charge on any atom is -0.468 e. The molecule has 0 saturated heterocycles. The first-order valence-corrected chi connectivity index (χ1v) is 23.6. The number of anilines is 6. The average molecular weight is 821 g/mol. The topological polar surface area (TPSA) is 19.6 Å². The highest BCUT2D eigenvalue weighted by Crippen LogP contribution is 2.54. The zero-order valence-electron chi connectivity index (χ0n) is 40.7. The van der Waals surface area contributed by atoms with Gasteiger partial charge in [-0.05, 0) is 176 Å². The summed E-state index contributed by atoms with van der Waals surface area (Å²) in [5, 5.41) is 1.22. The van der Waals surface area contributed by atoms with Crippen molar-refractivity contribution < 1.29 is 4.42 Å². The number of fused-ring (bicyclic) bond motifs is 8. The molecule has 62 heavy (non-hydrogen) atoms. The van der Waals surface area contributed by atoms with Crippen molar-refractivity contribution in [3.8, 4) is 0 Å². The third kappa shape index (κ3) is 6.04. The maximum Gasteiger partial charge on any atom is 0.297 e. The van der Waals surface area contributed by atoms with E-state index in [1.165, 1.54) is 121 Å². The molecule has 3 heterocycles. The fourth-order valence-electron chi connectivity index (χ4n) is 11.7. The summed E-state index contributed by atoms with van der Waals surface area (Å²) in [5.74, 6) is 0. The maximum absolute atomic E-state index is 7.58. The maximum atomic E-state index is 7.58. The molecule has 0 saturated carbocycles. The van der Waals surface area contributed by atoms with Crippen LogP contribution in [0.15, 0.2) is 83.3 Å². The van der Waals surface area contributed by atoms with Crippen molar-refractivity contribution in [1.82, 2.24) is 0 Å². The Kier molecular flexibility index (Phi) is 8.63. The van der Waals surface area contributed by atoms with Gasteiger partial charge in [-0.3, -0.25) is 0 Å². The third-order valence-corrected chi connectivity index (χ3v) is 16.0. The minimum absolute atomic E-state index is 0.0467. The fraction of sp³-hybridized carbons (Fsp3) is 0.448. The van der Waals surface area contributed by atoms with Crippen LogP contribution >= 0.6 is 0 Å². The van der Waals surface area contributed by atoms with E-state index in [2.05, 4.69) is 199 Å². The predicted octanol–water partition coefficient (Wildman–Crippen LogP) is 14.4.